The van der Waals surface area contributed by atoms with Crippen LogP contribution in [0.25, 0.3) is 11.0 Å². The Kier molecular flexibility index (Phi) is 6.63. The number of hydrogen-bond donors (Lipinski definition) is 2. The summed E-state index contributed by atoms with van der Waals surface area (Å²) in [5, 5.41) is 3.06. The maximum absolute atomic E-state index is 13.3. The number of H-pyrrole nitrogens is 1. The molecule has 35 heavy (non-hydrogen) atoms. The van der Waals surface area contributed by atoms with Crippen LogP contribution in [0.4, 0.5) is 0 Å². The van der Waals surface area contributed by atoms with Gasteiger partial charge in [-0.3, -0.25) is 4.79 Å². The van der Waals surface area contributed by atoms with E-state index in [-0.39, 0.29) is 16.4 Å². The molecule has 1 aliphatic heterocycles. The van der Waals surface area contributed by atoms with Crippen LogP contribution in [0.3, 0.4) is 0 Å². The molecule has 0 radical (unpaired) electrons. The summed E-state index contributed by atoms with van der Waals surface area (Å²) in [5.74, 6) is 0.269. The molecule has 1 amide bonds. The molecule has 4 aromatic rings. The standard InChI is InChI=1S/C26H26N4O4S/c31-26(20-9-6-10-21(18-20)35(32,33)30-13-15-34-16-14-30)29-24(17-19-7-2-1-3-8-19)25-27-22-11-4-5-12-23(22)28-25/h1-12,18,24H,13-17H2,(H,27,28)(H,29,31)/t24-/m0/s1. The van der Waals surface area contributed by atoms with Gasteiger partial charge in [0, 0.05) is 18.7 Å². The van der Waals surface area contributed by atoms with Crippen LogP contribution in [-0.4, -0.2) is 54.9 Å². The van der Waals surface area contributed by atoms with Gasteiger partial charge in [0.15, 0.2) is 0 Å². The van der Waals surface area contributed by atoms with E-state index in [1.807, 2.05) is 54.6 Å². The van der Waals surface area contributed by atoms with Crippen LogP contribution in [0.2, 0.25) is 0 Å². The molecule has 1 aromatic heterocycles. The summed E-state index contributed by atoms with van der Waals surface area (Å²) < 4.78 is 32.8. The minimum Gasteiger partial charge on any atom is -0.379 e. The molecule has 1 fully saturated rings. The number of carbonyl (C=O) groups excluding carboxylic acids is 1. The molecule has 1 saturated heterocycles. The molecule has 1 aliphatic rings. The number of rotatable bonds is 7. The topological polar surface area (TPSA) is 104 Å². The number of amides is 1. The van der Waals surface area contributed by atoms with E-state index in [1.165, 1.54) is 16.4 Å². The third kappa shape index (κ3) is 5.12. The molecule has 9 heteroatoms. The highest BCUT2D eigenvalue weighted by Gasteiger charge is 2.27. The number of morpholine rings is 1. The minimum atomic E-state index is -3.71. The van der Waals surface area contributed by atoms with Crippen molar-refractivity contribution in [1.29, 1.82) is 0 Å². The molecular formula is C26H26N4O4S. The summed E-state index contributed by atoms with van der Waals surface area (Å²) in [6, 6.07) is 23.3. The highest BCUT2D eigenvalue weighted by molar-refractivity contribution is 7.89. The summed E-state index contributed by atoms with van der Waals surface area (Å²) in [6.07, 6.45) is 0.526. The fourth-order valence-electron chi connectivity index (χ4n) is 4.18. The first-order valence-corrected chi connectivity index (χ1v) is 12.9. The van der Waals surface area contributed by atoms with Gasteiger partial charge in [0.05, 0.1) is 35.2 Å². The van der Waals surface area contributed by atoms with Crippen molar-refractivity contribution in [2.45, 2.75) is 17.4 Å². The zero-order valence-corrected chi connectivity index (χ0v) is 19.9. The average molecular weight is 491 g/mol. The zero-order valence-electron chi connectivity index (χ0n) is 19.1. The third-order valence-electron chi connectivity index (χ3n) is 6.03. The lowest BCUT2D eigenvalue weighted by Crippen LogP contribution is -2.40. The Labute approximate surface area is 204 Å². The van der Waals surface area contributed by atoms with Gasteiger partial charge in [-0.05, 0) is 42.3 Å². The van der Waals surface area contributed by atoms with Gasteiger partial charge in [-0.2, -0.15) is 4.31 Å². The molecule has 2 N–H and O–H groups in total. The molecule has 3 aromatic carbocycles. The Balaban J connectivity index is 1.42. The third-order valence-corrected chi connectivity index (χ3v) is 7.92. The van der Waals surface area contributed by atoms with E-state index in [2.05, 4.69) is 15.3 Å². The first-order valence-electron chi connectivity index (χ1n) is 11.5. The maximum atomic E-state index is 13.3. The second kappa shape index (κ2) is 9.99. The van der Waals surface area contributed by atoms with Crippen LogP contribution >= 0.6 is 0 Å². The Morgan fingerprint density at radius 3 is 2.51 bits per heavy atom. The Hall–Kier alpha value is -3.53. The van der Waals surface area contributed by atoms with E-state index < -0.39 is 16.1 Å². The normalized spacial score (nSPS) is 15.7. The fraction of sp³-hybridized carbons (Fsp3) is 0.231. The Bertz CT molecular complexity index is 1400. The van der Waals surface area contributed by atoms with Gasteiger partial charge in [0.2, 0.25) is 10.0 Å². The number of imidazole rings is 1. The average Bonchev–Trinajstić information content (AvgIpc) is 3.34. The highest BCUT2D eigenvalue weighted by atomic mass is 32.2. The molecule has 5 rings (SSSR count). The summed E-state index contributed by atoms with van der Waals surface area (Å²) >= 11 is 0. The van der Waals surface area contributed by atoms with Gasteiger partial charge >= 0.3 is 0 Å². The number of nitrogens with one attached hydrogen (secondary N) is 2. The van der Waals surface area contributed by atoms with Crippen molar-refractivity contribution >= 4 is 27.0 Å². The highest BCUT2D eigenvalue weighted by Crippen LogP contribution is 2.22. The van der Waals surface area contributed by atoms with Crippen LogP contribution in [-0.2, 0) is 21.2 Å². The van der Waals surface area contributed by atoms with Crippen LogP contribution in [0.5, 0.6) is 0 Å². The predicted molar refractivity (Wildman–Crippen MR) is 132 cm³/mol. The number of benzene rings is 3. The van der Waals surface area contributed by atoms with Crippen LogP contribution in [0, 0.1) is 0 Å². The number of para-hydroxylation sites is 2. The van der Waals surface area contributed by atoms with Crippen LogP contribution in [0.15, 0.2) is 83.8 Å². The van der Waals surface area contributed by atoms with Crippen molar-refractivity contribution in [3.63, 3.8) is 0 Å². The van der Waals surface area contributed by atoms with E-state index in [1.54, 1.807) is 12.1 Å². The largest absolute Gasteiger partial charge is 0.379 e. The Morgan fingerprint density at radius 1 is 1.00 bits per heavy atom. The van der Waals surface area contributed by atoms with Crippen molar-refractivity contribution in [2.24, 2.45) is 0 Å². The lowest BCUT2D eigenvalue weighted by molar-refractivity contribution is 0.0730. The van der Waals surface area contributed by atoms with E-state index in [4.69, 9.17) is 4.74 Å². The van der Waals surface area contributed by atoms with E-state index in [0.29, 0.717) is 38.5 Å². The monoisotopic (exact) mass is 490 g/mol. The van der Waals surface area contributed by atoms with E-state index in [9.17, 15) is 13.2 Å². The van der Waals surface area contributed by atoms with E-state index in [0.717, 1.165) is 16.6 Å². The molecule has 0 saturated carbocycles. The molecule has 0 bridgehead atoms. The number of ether oxygens (including phenoxy) is 1. The molecule has 1 atom stereocenters. The summed E-state index contributed by atoms with van der Waals surface area (Å²) in [4.78, 5) is 21.4. The van der Waals surface area contributed by atoms with Crippen molar-refractivity contribution in [2.75, 3.05) is 26.3 Å². The summed E-state index contributed by atoms with van der Waals surface area (Å²) in [5.41, 5.74) is 3.01. The maximum Gasteiger partial charge on any atom is 0.251 e. The lowest BCUT2D eigenvalue weighted by atomic mass is 10.0. The SMILES string of the molecule is O=C(N[C@@H](Cc1ccccc1)c1nc2ccccc2[nH]1)c1cccc(S(=O)(=O)N2CCOCC2)c1. The molecular weight excluding hydrogens is 464 g/mol. The molecule has 8 nitrogen and oxygen atoms in total. The minimum absolute atomic E-state index is 0.0930. The molecule has 180 valence electrons. The van der Waals surface area contributed by atoms with Crippen LogP contribution < -0.4 is 5.32 Å². The van der Waals surface area contributed by atoms with Gasteiger partial charge in [-0.25, -0.2) is 13.4 Å². The zero-order chi connectivity index (χ0) is 24.3. The van der Waals surface area contributed by atoms with Gasteiger partial charge in [-0.15, -0.1) is 0 Å². The summed E-state index contributed by atoms with van der Waals surface area (Å²) in [6.45, 7) is 1.31. The summed E-state index contributed by atoms with van der Waals surface area (Å²) in [7, 11) is -3.71. The van der Waals surface area contributed by atoms with Crippen molar-refractivity contribution in [1.82, 2.24) is 19.6 Å². The van der Waals surface area contributed by atoms with Gasteiger partial charge in [0.25, 0.3) is 5.91 Å². The van der Waals surface area contributed by atoms with Crippen molar-refractivity contribution < 1.29 is 17.9 Å². The second-order valence-electron chi connectivity index (χ2n) is 8.40. The predicted octanol–water partition coefficient (Wildman–Crippen LogP) is 3.30. The number of hydrogen-bond acceptors (Lipinski definition) is 5. The smallest absolute Gasteiger partial charge is 0.251 e. The van der Waals surface area contributed by atoms with Crippen LogP contribution in [0.1, 0.15) is 27.8 Å². The van der Waals surface area contributed by atoms with Gasteiger partial charge in [0.1, 0.15) is 5.82 Å². The molecule has 0 unspecified atom stereocenters. The number of nitrogens with zero attached hydrogens (tertiary/aromatic N) is 2. The molecule has 2 heterocycles. The second-order valence-corrected chi connectivity index (χ2v) is 10.3. The van der Waals surface area contributed by atoms with Gasteiger partial charge < -0.3 is 15.0 Å². The number of carbonyl (C=O) groups is 1. The van der Waals surface area contributed by atoms with Gasteiger partial charge in [-0.1, -0.05) is 48.5 Å². The number of sulfonamides is 1. The first kappa shape index (κ1) is 23.2. The molecule has 0 spiro atoms. The number of aromatic nitrogens is 2. The number of fused-ring (bicyclic) bond motifs is 1. The van der Waals surface area contributed by atoms with E-state index >= 15 is 0 Å². The quantitative estimate of drug-likeness (QED) is 0.414. The van der Waals surface area contributed by atoms with Crippen molar-refractivity contribution in [3.8, 4) is 0 Å². The fourth-order valence-corrected chi connectivity index (χ4v) is 5.63. The Morgan fingerprint density at radius 2 is 1.74 bits per heavy atom. The lowest BCUT2D eigenvalue weighted by Gasteiger charge is -2.26. The molecule has 0 aliphatic carbocycles. The van der Waals surface area contributed by atoms with Crippen molar-refractivity contribution in [3.05, 3.63) is 95.8 Å². The first-order chi connectivity index (χ1) is 17.0. The number of aromatic amines is 1.